The first-order valence-electron chi connectivity index (χ1n) is 12.0. The second kappa shape index (κ2) is 11.7. The van der Waals surface area contributed by atoms with E-state index in [1.54, 1.807) is 12.0 Å². The lowest BCUT2D eigenvalue weighted by Crippen LogP contribution is -2.46. The molecule has 0 bridgehead atoms. The van der Waals surface area contributed by atoms with Crippen molar-refractivity contribution in [2.45, 2.75) is 53.1 Å². The van der Waals surface area contributed by atoms with Crippen LogP contribution in [0.4, 0.5) is 0 Å². The number of para-hydroxylation sites is 1. The fourth-order valence-electron chi connectivity index (χ4n) is 4.11. The largest absolute Gasteiger partial charge is 0.497 e. The molecule has 0 aliphatic carbocycles. The summed E-state index contributed by atoms with van der Waals surface area (Å²) in [7, 11) is 1.64. The Balaban J connectivity index is 1.78. The molecule has 2 amide bonds. The van der Waals surface area contributed by atoms with Gasteiger partial charge in [0.15, 0.2) is 0 Å². The molecule has 0 radical (unpaired) electrons. The molecule has 2 aromatic carbocycles. The molecule has 182 valence electrons. The number of fused-ring (bicyclic) bond motifs is 1. The molecule has 34 heavy (non-hydrogen) atoms. The third-order valence-electron chi connectivity index (χ3n) is 6.04. The second-order valence-corrected chi connectivity index (χ2v) is 9.49. The molecule has 0 aliphatic rings. The first-order chi connectivity index (χ1) is 16.3. The lowest BCUT2D eigenvalue weighted by molar-refractivity contribution is -0.142. The number of amides is 2. The molecule has 0 atom stereocenters. The van der Waals surface area contributed by atoms with Gasteiger partial charge < -0.3 is 19.5 Å². The number of aromatic nitrogens is 1. The van der Waals surface area contributed by atoms with Crippen molar-refractivity contribution in [1.82, 2.24) is 14.8 Å². The minimum absolute atomic E-state index is 0.0272. The maximum Gasteiger partial charge on any atom is 0.242 e. The standard InChI is InChI=1S/C28H37N3O3/c1-20(2)16-27(32)31(21(3)4)19-28(33)30(18-22-10-12-24(34-5)13-11-22)15-14-23-17-29-26-9-7-6-8-25(23)26/h6-13,17,20-21,29H,14-16,18-19H2,1-5H3. The van der Waals surface area contributed by atoms with Crippen molar-refractivity contribution in [3.8, 4) is 5.75 Å². The van der Waals surface area contributed by atoms with Crippen LogP contribution in [0.15, 0.2) is 54.7 Å². The number of carbonyl (C=O) groups excluding carboxylic acids is 2. The number of hydrogen-bond acceptors (Lipinski definition) is 3. The van der Waals surface area contributed by atoms with Gasteiger partial charge in [0.05, 0.1) is 13.7 Å². The maximum atomic E-state index is 13.5. The van der Waals surface area contributed by atoms with Crippen LogP contribution >= 0.6 is 0 Å². The average Bonchev–Trinajstić information content (AvgIpc) is 3.22. The van der Waals surface area contributed by atoms with E-state index >= 15 is 0 Å². The SMILES string of the molecule is COc1ccc(CN(CCc2c[nH]c3ccccc23)C(=O)CN(C(=O)CC(C)C)C(C)C)cc1. The van der Waals surface area contributed by atoms with Crippen LogP contribution in [0, 0.1) is 5.92 Å². The summed E-state index contributed by atoms with van der Waals surface area (Å²) < 4.78 is 5.27. The van der Waals surface area contributed by atoms with Crippen LogP contribution in [0.1, 0.15) is 45.2 Å². The van der Waals surface area contributed by atoms with Gasteiger partial charge in [-0.1, -0.05) is 44.2 Å². The Labute approximate surface area is 202 Å². The van der Waals surface area contributed by atoms with E-state index in [9.17, 15) is 9.59 Å². The Morgan fingerprint density at radius 2 is 1.68 bits per heavy atom. The number of rotatable bonds is 11. The van der Waals surface area contributed by atoms with E-state index in [1.165, 1.54) is 10.9 Å². The van der Waals surface area contributed by atoms with Gasteiger partial charge in [-0.05, 0) is 55.5 Å². The Morgan fingerprint density at radius 3 is 2.32 bits per heavy atom. The quantitative estimate of drug-likeness (QED) is 0.434. The Bertz CT molecular complexity index is 1090. The number of carbonyl (C=O) groups is 2. The summed E-state index contributed by atoms with van der Waals surface area (Å²) in [4.78, 5) is 33.2. The highest BCUT2D eigenvalue weighted by molar-refractivity contribution is 5.85. The summed E-state index contributed by atoms with van der Waals surface area (Å²) in [5.74, 6) is 1.02. The molecule has 1 N–H and O–H groups in total. The lowest BCUT2D eigenvalue weighted by atomic mass is 10.1. The van der Waals surface area contributed by atoms with Gasteiger partial charge in [-0.25, -0.2) is 0 Å². The van der Waals surface area contributed by atoms with Gasteiger partial charge in [0.1, 0.15) is 5.75 Å². The predicted molar refractivity (Wildman–Crippen MR) is 137 cm³/mol. The Kier molecular flexibility index (Phi) is 8.74. The van der Waals surface area contributed by atoms with Crippen molar-refractivity contribution < 1.29 is 14.3 Å². The topological polar surface area (TPSA) is 65.6 Å². The van der Waals surface area contributed by atoms with E-state index in [1.807, 2.05) is 75.2 Å². The smallest absolute Gasteiger partial charge is 0.242 e. The number of nitrogens with zero attached hydrogens (tertiary/aromatic N) is 2. The molecule has 3 rings (SSSR count). The summed E-state index contributed by atoms with van der Waals surface area (Å²) in [6.45, 7) is 9.11. The predicted octanol–water partition coefficient (Wildman–Crippen LogP) is 5.03. The molecule has 0 spiro atoms. The average molecular weight is 464 g/mol. The van der Waals surface area contributed by atoms with Crippen molar-refractivity contribution in [2.75, 3.05) is 20.2 Å². The van der Waals surface area contributed by atoms with Crippen LogP contribution in [0.5, 0.6) is 5.75 Å². The highest BCUT2D eigenvalue weighted by Crippen LogP contribution is 2.20. The molecule has 0 saturated heterocycles. The molecule has 1 heterocycles. The molecule has 0 saturated carbocycles. The van der Waals surface area contributed by atoms with E-state index < -0.39 is 0 Å². The van der Waals surface area contributed by atoms with Crippen molar-refractivity contribution in [2.24, 2.45) is 5.92 Å². The van der Waals surface area contributed by atoms with Crippen molar-refractivity contribution >= 4 is 22.7 Å². The van der Waals surface area contributed by atoms with E-state index in [2.05, 4.69) is 17.1 Å². The molecule has 3 aromatic rings. The molecular formula is C28H37N3O3. The second-order valence-electron chi connectivity index (χ2n) is 9.49. The number of H-pyrrole nitrogens is 1. The highest BCUT2D eigenvalue weighted by Gasteiger charge is 2.24. The summed E-state index contributed by atoms with van der Waals surface area (Å²) in [5.41, 5.74) is 3.30. The number of benzene rings is 2. The van der Waals surface area contributed by atoms with Crippen LogP contribution in [-0.2, 0) is 22.6 Å². The number of aromatic amines is 1. The van der Waals surface area contributed by atoms with Gasteiger partial charge in [-0.15, -0.1) is 0 Å². The molecule has 6 heteroatoms. The van der Waals surface area contributed by atoms with Crippen molar-refractivity contribution in [3.05, 3.63) is 65.9 Å². The number of ether oxygens (including phenoxy) is 1. The molecule has 0 unspecified atom stereocenters. The zero-order chi connectivity index (χ0) is 24.7. The van der Waals surface area contributed by atoms with Crippen molar-refractivity contribution in [3.63, 3.8) is 0 Å². The van der Waals surface area contributed by atoms with Gasteiger partial charge in [0.25, 0.3) is 0 Å². The van der Waals surface area contributed by atoms with Gasteiger partial charge in [-0.3, -0.25) is 9.59 Å². The van der Waals surface area contributed by atoms with E-state index in [0.717, 1.165) is 23.3 Å². The minimum Gasteiger partial charge on any atom is -0.497 e. The summed E-state index contributed by atoms with van der Waals surface area (Å²) >= 11 is 0. The van der Waals surface area contributed by atoms with Crippen LogP contribution in [-0.4, -0.2) is 52.8 Å². The number of nitrogens with one attached hydrogen (secondary N) is 1. The van der Waals surface area contributed by atoms with Crippen LogP contribution in [0.25, 0.3) is 10.9 Å². The number of hydrogen-bond donors (Lipinski definition) is 1. The minimum atomic E-state index is -0.0403. The van der Waals surface area contributed by atoms with E-state index in [-0.39, 0.29) is 30.3 Å². The first-order valence-corrected chi connectivity index (χ1v) is 12.0. The zero-order valence-corrected chi connectivity index (χ0v) is 21.0. The highest BCUT2D eigenvalue weighted by atomic mass is 16.5. The summed E-state index contributed by atoms with van der Waals surface area (Å²) in [6, 6.07) is 15.9. The third-order valence-corrected chi connectivity index (χ3v) is 6.04. The Morgan fingerprint density at radius 1 is 0.971 bits per heavy atom. The van der Waals surface area contributed by atoms with Gasteiger partial charge in [-0.2, -0.15) is 0 Å². The Hall–Kier alpha value is -3.28. The molecule has 1 aromatic heterocycles. The molecule has 0 fully saturated rings. The molecule has 0 aliphatic heterocycles. The fourth-order valence-corrected chi connectivity index (χ4v) is 4.11. The van der Waals surface area contributed by atoms with Crippen LogP contribution in [0.3, 0.4) is 0 Å². The van der Waals surface area contributed by atoms with Gasteiger partial charge in [0, 0.05) is 42.7 Å². The van der Waals surface area contributed by atoms with Crippen molar-refractivity contribution in [1.29, 1.82) is 0 Å². The normalized spacial score (nSPS) is 11.3. The van der Waals surface area contributed by atoms with Crippen LogP contribution in [0.2, 0.25) is 0 Å². The monoisotopic (exact) mass is 463 g/mol. The van der Waals surface area contributed by atoms with E-state index in [4.69, 9.17) is 4.74 Å². The van der Waals surface area contributed by atoms with E-state index in [0.29, 0.717) is 19.5 Å². The van der Waals surface area contributed by atoms with Gasteiger partial charge >= 0.3 is 0 Å². The van der Waals surface area contributed by atoms with Crippen LogP contribution < -0.4 is 4.74 Å². The molecule has 6 nitrogen and oxygen atoms in total. The lowest BCUT2D eigenvalue weighted by Gasteiger charge is -2.31. The molecular weight excluding hydrogens is 426 g/mol. The maximum absolute atomic E-state index is 13.5. The summed E-state index contributed by atoms with van der Waals surface area (Å²) in [5, 5.41) is 1.18. The fraction of sp³-hybridized carbons (Fsp3) is 0.429. The zero-order valence-electron chi connectivity index (χ0n) is 21.0. The first kappa shape index (κ1) is 25.3. The third kappa shape index (κ3) is 6.62. The summed E-state index contributed by atoms with van der Waals surface area (Å²) in [6.07, 6.45) is 3.19. The van der Waals surface area contributed by atoms with Gasteiger partial charge in [0.2, 0.25) is 11.8 Å². The number of methoxy groups -OCH3 is 1.